The fourth-order valence-electron chi connectivity index (χ4n) is 1.52. The van der Waals surface area contributed by atoms with Gasteiger partial charge in [0.2, 0.25) is 0 Å². The zero-order chi connectivity index (χ0) is 10.3. The molecule has 0 bridgehead atoms. The maximum atomic E-state index is 9.32. The Morgan fingerprint density at radius 1 is 1.20 bits per heavy atom. The van der Waals surface area contributed by atoms with Crippen molar-refractivity contribution < 1.29 is 5.11 Å². The van der Waals surface area contributed by atoms with Gasteiger partial charge in [0.15, 0.2) is 0 Å². The predicted octanol–water partition coefficient (Wildman–Crippen LogP) is 2.77. The Balaban J connectivity index is 2.22. The second-order valence-electron chi connectivity index (χ2n) is 3.26. The number of aromatic nitrogens is 2. The van der Waals surface area contributed by atoms with Gasteiger partial charge < -0.3 is 9.51 Å². The fourth-order valence-corrected chi connectivity index (χ4v) is 2.20. The van der Waals surface area contributed by atoms with Gasteiger partial charge in [-0.1, -0.05) is 6.07 Å². The van der Waals surface area contributed by atoms with E-state index in [9.17, 15) is 5.11 Å². The van der Waals surface area contributed by atoms with Gasteiger partial charge in [0.1, 0.15) is 11.4 Å². The molecule has 0 radical (unpaired) electrons. The summed E-state index contributed by atoms with van der Waals surface area (Å²) in [6.07, 6.45) is 3.57. The number of rotatable bonds is 1. The van der Waals surface area contributed by atoms with Crippen LogP contribution in [0.2, 0.25) is 0 Å². The normalized spacial score (nSPS) is 10.9. The molecule has 3 aromatic rings. The molecule has 0 saturated carbocycles. The highest BCUT2D eigenvalue weighted by molar-refractivity contribution is 7.13. The van der Waals surface area contributed by atoms with Crippen molar-refractivity contribution in [2.75, 3.05) is 0 Å². The van der Waals surface area contributed by atoms with Crippen molar-refractivity contribution in [1.82, 2.24) is 9.38 Å². The monoisotopic (exact) mass is 216 g/mol. The van der Waals surface area contributed by atoms with Gasteiger partial charge in [-0.25, -0.2) is 4.98 Å². The minimum absolute atomic E-state index is 0.248. The molecular formula is C11H8N2OS. The standard InChI is InChI=1S/C11H8N2OS/c14-8-3-4-11-12-9(7-13(11)6-8)10-2-1-5-15-10/h1-7,14H. The van der Waals surface area contributed by atoms with Crippen molar-refractivity contribution in [3.8, 4) is 16.3 Å². The van der Waals surface area contributed by atoms with Gasteiger partial charge >= 0.3 is 0 Å². The molecule has 0 amide bonds. The Morgan fingerprint density at radius 3 is 2.93 bits per heavy atom. The Hall–Kier alpha value is -1.81. The number of nitrogens with zero attached hydrogens (tertiary/aromatic N) is 2. The van der Waals surface area contributed by atoms with Gasteiger partial charge in [0.25, 0.3) is 0 Å². The minimum Gasteiger partial charge on any atom is -0.506 e. The van der Waals surface area contributed by atoms with Crippen molar-refractivity contribution in [1.29, 1.82) is 0 Å². The highest BCUT2D eigenvalue weighted by Crippen LogP contribution is 2.24. The highest BCUT2D eigenvalue weighted by atomic mass is 32.1. The molecule has 0 aliphatic heterocycles. The molecule has 3 rings (SSSR count). The molecule has 3 nitrogen and oxygen atoms in total. The summed E-state index contributed by atoms with van der Waals surface area (Å²) in [5, 5.41) is 11.3. The highest BCUT2D eigenvalue weighted by Gasteiger charge is 2.04. The topological polar surface area (TPSA) is 37.5 Å². The molecule has 0 aliphatic carbocycles. The number of aromatic hydroxyl groups is 1. The van der Waals surface area contributed by atoms with E-state index >= 15 is 0 Å². The van der Waals surface area contributed by atoms with E-state index in [1.54, 1.807) is 29.7 Å². The SMILES string of the molecule is Oc1ccc2nc(-c3cccs3)cn2c1. The quantitative estimate of drug-likeness (QED) is 0.679. The third-order valence-corrected chi connectivity index (χ3v) is 3.10. The number of hydrogen-bond donors (Lipinski definition) is 1. The van der Waals surface area contributed by atoms with Crippen LogP contribution in [0.25, 0.3) is 16.2 Å². The molecule has 0 atom stereocenters. The van der Waals surface area contributed by atoms with E-state index in [-0.39, 0.29) is 5.75 Å². The molecule has 0 aliphatic rings. The van der Waals surface area contributed by atoms with Gasteiger partial charge in [0.05, 0.1) is 16.8 Å². The van der Waals surface area contributed by atoms with Crippen molar-refractivity contribution in [2.24, 2.45) is 0 Å². The van der Waals surface area contributed by atoms with Crippen LogP contribution < -0.4 is 0 Å². The van der Waals surface area contributed by atoms with Gasteiger partial charge in [-0.15, -0.1) is 11.3 Å². The van der Waals surface area contributed by atoms with Crippen LogP contribution in [-0.2, 0) is 0 Å². The van der Waals surface area contributed by atoms with E-state index in [0.29, 0.717) is 0 Å². The van der Waals surface area contributed by atoms with E-state index < -0.39 is 0 Å². The van der Waals surface area contributed by atoms with Crippen LogP contribution in [0.15, 0.2) is 42.0 Å². The molecule has 0 aromatic carbocycles. The van der Waals surface area contributed by atoms with Crippen LogP contribution in [-0.4, -0.2) is 14.5 Å². The summed E-state index contributed by atoms with van der Waals surface area (Å²) in [7, 11) is 0. The molecule has 1 N–H and O–H groups in total. The van der Waals surface area contributed by atoms with E-state index in [1.165, 1.54) is 0 Å². The number of imidazole rings is 1. The molecule has 3 heterocycles. The van der Waals surface area contributed by atoms with Gasteiger partial charge in [0, 0.05) is 6.20 Å². The average molecular weight is 216 g/mol. The molecular weight excluding hydrogens is 208 g/mol. The lowest BCUT2D eigenvalue weighted by atomic mass is 10.4. The smallest absolute Gasteiger partial charge is 0.137 e. The average Bonchev–Trinajstić information content (AvgIpc) is 2.84. The van der Waals surface area contributed by atoms with Crippen molar-refractivity contribution >= 4 is 17.0 Å². The largest absolute Gasteiger partial charge is 0.506 e. The molecule has 0 spiro atoms. The van der Waals surface area contributed by atoms with Crippen molar-refractivity contribution in [3.63, 3.8) is 0 Å². The lowest BCUT2D eigenvalue weighted by Gasteiger charge is -1.92. The number of pyridine rings is 1. The summed E-state index contributed by atoms with van der Waals surface area (Å²) in [4.78, 5) is 5.60. The maximum absolute atomic E-state index is 9.32. The van der Waals surface area contributed by atoms with Crippen LogP contribution in [0.1, 0.15) is 0 Å². The zero-order valence-electron chi connectivity index (χ0n) is 7.79. The summed E-state index contributed by atoms with van der Waals surface area (Å²) in [6, 6.07) is 7.47. The Kier molecular flexibility index (Phi) is 1.76. The van der Waals surface area contributed by atoms with Gasteiger partial charge in [-0.05, 0) is 23.6 Å². The van der Waals surface area contributed by atoms with Crippen LogP contribution >= 0.6 is 11.3 Å². The van der Waals surface area contributed by atoms with Crippen molar-refractivity contribution in [3.05, 3.63) is 42.0 Å². The molecule has 0 fully saturated rings. The Morgan fingerprint density at radius 2 is 2.13 bits per heavy atom. The summed E-state index contributed by atoms with van der Waals surface area (Å²) in [5.41, 5.74) is 1.78. The van der Waals surface area contributed by atoms with Crippen LogP contribution in [0, 0.1) is 0 Å². The van der Waals surface area contributed by atoms with Crippen LogP contribution in [0.4, 0.5) is 0 Å². The first-order valence-corrected chi connectivity index (χ1v) is 5.42. The molecule has 15 heavy (non-hydrogen) atoms. The molecule has 74 valence electrons. The van der Waals surface area contributed by atoms with E-state index in [2.05, 4.69) is 4.98 Å². The second-order valence-corrected chi connectivity index (χ2v) is 4.20. The minimum atomic E-state index is 0.248. The van der Waals surface area contributed by atoms with Crippen LogP contribution in [0.5, 0.6) is 5.75 Å². The van der Waals surface area contributed by atoms with Gasteiger partial charge in [-0.3, -0.25) is 0 Å². The molecule has 4 heteroatoms. The van der Waals surface area contributed by atoms with Crippen molar-refractivity contribution in [2.45, 2.75) is 0 Å². The van der Waals surface area contributed by atoms with E-state index in [0.717, 1.165) is 16.2 Å². The lowest BCUT2D eigenvalue weighted by molar-refractivity contribution is 0.472. The molecule has 3 aromatic heterocycles. The Labute approximate surface area is 90.3 Å². The second kappa shape index (κ2) is 3.10. The summed E-state index contributed by atoms with van der Waals surface area (Å²) < 4.78 is 1.82. The fraction of sp³-hybridized carbons (Fsp3) is 0. The zero-order valence-corrected chi connectivity index (χ0v) is 8.61. The first-order chi connectivity index (χ1) is 7.33. The number of hydrogen-bond acceptors (Lipinski definition) is 3. The number of thiophene rings is 1. The summed E-state index contributed by atoms with van der Waals surface area (Å²) in [5.74, 6) is 0.248. The maximum Gasteiger partial charge on any atom is 0.137 e. The first-order valence-electron chi connectivity index (χ1n) is 4.54. The summed E-state index contributed by atoms with van der Waals surface area (Å²) >= 11 is 1.66. The van der Waals surface area contributed by atoms with Gasteiger partial charge in [-0.2, -0.15) is 0 Å². The predicted molar refractivity (Wildman–Crippen MR) is 60.2 cm³/mol. The lowest BCUT2D eigenvalue weighted by Crippen LogP contribution is -1.79. The number of fused-ring (bicyclic) bond motifs is 1. The third kappa shape index (κ3) is 1.39. The molecule has 0 unspecified atom stereocenters. The third-order valence-electron chi connectivity index (χ3n) is 2.21. The van der Waals surface area contributed by atoms with E-state index in [1.807, 2.05) is 28.1 Å². The summed E-state index contributed by atoms with van der Waals surface area (Å²) in [6.45, 7) is 0. The first kappa shape index (κ1) is 8.49. The van der Waals surface area contributed by atoms with E-state index in [4.69, 9.17) is 0 Å². The molecule has 0 saturated heterocycles. The van der Waals surface area contributed by atoms with Crippen LogP contribution in [0.3, 0.4) is 0 Å². The Bertz CT molecular complexity index is 598.